The molecular formula is C16H17ClN2O. The Morgan fingerprint density at radius 2 is 1.65 bits per heavy atom. The number of carbonyl (C=O) groups is 1. The Kier molecular flexibility index (Phi) is 4.09. The van der Waals surface area contributed by atoms with Gasteiger partial charge in [0.1, 0.15) is 5.15 Å². The van der Waals surface area contributed by atoms with E-state index in [4.69, 9.17) is 11.6 Å². The first-order chi connectivity index (χ1) is 9.36. The van der Waals surface area contributed by atoms with Gasteiger partial charge in [-0.3, -0.25) is 4.79 Å². The first-order valence-electron chi connectivity index (χ1n) is 6.40. The molecular weight excluding hydrogens is 272 g/mol. The molecule has 0 fully saturated rings. The molecule has 0 bridgehead atoms. The van der Waals surface area contributed by atoms with Crippen molar-refractivity contribution in [2.45, 2.75) is 27.7 Å². The summed E-state index contributed by atoms with van der Waals surface area (Å²) in [5.41, 5.74) is 5.37. The van der Waals surface area contributed by atoms with E-state index in [0.717, 1.165) is 22.5 Å². The number of nitrogens with zero attached hydrogens (tertiary/aromatic N) is 1. The molecule has 0 radical (unpaired) electrons. The van der Waals surface area contributed by atoms with Crippen molar-refractivity contribution in [2.75, 3.05) is 5.32 Å². The van der Waals surface area contributed by atoms with Crippen LogP contribution in [0.2, 0.25) is 5.15 Å². The number of carbonyl (C=O) groups excluding carboxylic acids is 1. The molecule has 0 unspecified atom stereocenters. The summed E-state index contributed by atoms with van der Waals surface area (Å²) in [5, 5.41) is 3.28. The second-order valence-corrected chi connectivity index (χ2v) is 5.44. The average Bonchev–Trinajstić information content (AvgIpc) is 2.32. The van der Waals surface area contributed by atoms with E-state index in [1.165, 1.54) is 5.56 Å². The number of nitrogens with one attached hydrogen (secondary N) is 1. The maximum absolute atomic E-state index is 12.3. The lowest BCUT2D eigenvalue weighted by Crippen LogP contribution is -2.14. The average molecular weight is 289 g/mol. The number of halogens is 1. The van der Waals surface area contributed by atoms with E-state index in [9.17, 15) is 4.79 Å². The Morgan fingerprint density at radius 3 is 2.20 bits per heavy atom. The number of anilines is 1. The van der Waals surface area contributed by atoms with Crippen LogP contribution in [0.4, 0.5) is 5.69 Å². The molecule has 1 aromatic heterocycles. The normalized spacial score (nSPS) is 10.4. The van der Waals surface area contributed by atoms with Gasteiger partial charge in [-0.25, -0.2) is 4.98 Å². The highest BCUT2D eigenvalue weighted by molar-refractivity contribution is 6.29. The minimum atomic E-state index is -0.174. The van der Waals surface area contributed by atoms with Crippen LogP contribution in [0.3, 0.4) is 0 Å². The molecule has 3 nitrogen and oxygen atoms in total. The maximum atomic E-state index is 12.3. The van der Waals surface area contributed by atoms with Crippen LogP contribution in [0.15, 0.2) is 24.3 Å². The number of aromatic nitrogens is 1. The van der Waals surface area contributed by atoms with Crippen LogP contribution in [0, 0.1) is 27.7 Å². The van der Waals surface area contributed by atoms with Gasteiger partial charge in [-0.15, -0.1) is 0 Å². The van der Waals surface area contributed by atoms with Crippen molar-refractivity contribution in [3.63, 3.8) is 0 Å². The highest BCUT2D eigenvalue weighted by Gasteiger charge is 2.11. The molecule has 104 valence electrons. The zero-order valence-electron chi connectivity index (χ0n) is 12.0. The summed E-state index contributed by atoms with van der Waals surface area (Å²) in [5.74, 6) is -0.174. The van der Waals surface area contributed by atoms with Gasteiger partial charge in [0.25, 0.3) is 5.91 Å². The molecule has 0 atom stereocenters. The zero-order chi connectivity index (χ0) is 14.9. The Morgan fingerprint density at radius 1 is 1.05 bits per heavy atom. The molecule has 1 aromatic carbocycles. The van der Waals surface area contributed by atoms with Crippen molar-refractivity contribution in [3.8, 4) is 0 Å². The van der Waals surface area contributed by atoms with Crippen molar-refractivity contribution in [3.05, 3.63) is 57.4 Å². The molecule has 1 N–H and O–H groups in total. The first kappa shape index (κ1) is 14.5. The quantitative estimate of drug-likeness (QED) is 0.841. The van der Waals surface area contributed by atoms with Gasteiger partial charge in [-0.2, -0.15) is 0 Å². The molecule has 4 heteroatoms. The van der Waals surface area contributed by atoms with Gasteiger partial charge in [-0.1, -0.05) is 29.3 Å². The molecule has 20 heavy (non-hydrogen) atoms. The zero-order valence-corrected chi connectivity index (χ0v) is 12.8. The minimum absolute atomic E-state index is 0.174. The number of pyridine rings is 1. The highest BCUT2D eigenvalue weighted by Crippen LogP contribution is 2.23. The molecule has 2 aromatic rings. The summed E-state index contributed by atoms with van der Waals surface area (Å²) in [6.07, 6.45) is 0. The lowest BCUT2D eigenvalue weighted by molar-refractivity contribution is 0.102. The lowest BCUT2D eigenvalue weighted by Gasteiger charge is -2.13. The Balaban J connectivity index is 2.32. The fourth-order valence-corrected chi connectivity index (χ4v) is 2.57. The van der Waals surface area contributed by atoms with Gasteiger partial charge >= 0.3 is 0 Å². The number of aryl methyl sites for hydroxylation is 4. The van der Waals surface area contributed by atoms with Crippen molar-refractivity contribution in [2.24, 2.45) is 0 Å². The topological polar surface area (TPSA) is 42.0 Å². The third-order valence-corrected chi connectivity index (χ3v) is 3.29. The molecule has 0 aliphatic heterocycles. The third-order valence-electron chi connectivity index (χ3n) is 3.10. The second-order valence-electron chi connectivity index (χ2n) is 5.05. The predicted molar refractivity (Wildman–Crippen MR) is 82.6 cm³/mol. The number of benzene rings is 1. The van der Waals surface area contributed by atoms with E-state index in [1.807, 2.05) is 39.8 Å². The van der Waals surface area contributed by atoms with Crippen LogP contribution < -0.4 is 5.32 Å². The number of hydrogen-bond donors (Lipinski definition) is 1. The van der Waals surface area contributed by atoms with Crippen molar-refractivity contribution in [1.82, 2.24) is 4.98 Å². The summed E-state index contributed by atoms with van der Waals surface area (Å²) in [6.45, 7) is 7.82. The van der Waals surface area contributed by atoms with Crippen LogP contribution in [0.5, 0.6) is 0 Å². The molecule has 0 spiro atoms. The van der Waals surface area contributed by atoms with Gasteiger partial charge < -0.3 is 5.32 Å². The van der Waals surface area contributed by atoms with Gasteiger partial charge in [-0.05, 0) is 51.0 Å². The van der Waals surface area contributed by atoms with Crippen LogP contribution in [0.1, 0.15) is 32.7 Å². The van der Waals surface area contributed by atoms with Gasteiger partial charge in [0.2, 0.25) is 0 Å². The molecule has 1 heterocycles. The lowest BCUT2D eigenvalue weighted by atomic mass is 10.0. The Bertz CT molecular complexity index is 637. The largest absolute Gasteiger partial charge is 0.322 e. The Hall–Kier alpha value is -1.87. The van der Waals surface area contributed by atoms with Crippen molar-refractivity contribution in [1.29, 1.82) is 0 Å². The highest BCUT2D eigenvalue weighted by atomic mass is 35.5. The van der Waals surface area contributed by atoms with E-state index in [0.29, 0.717) is 10.7 Å². The fraction of sp³-hybridized carbons (Fsp3) is 0.250. The van der Waals surface area contributed by atoms with Gasteiger partial charge in [0, 0.05) is 16.9 Å². The van der Waals surface area contributed by atoms with Gasteiger partial charge in [0.15, 0.2) is 0 Å². The minimum Gasteiger partial charge on any atom is -0.322 e. The molecule has 0 aliphatic carbocycles. The van der Waals surface area contributed by atoms with Crippen LogP contribution >= 0.6 is 11.6 Å². The summed E-state index contributed by atoms with van der Waals surface area (Å²) >= 11 is 5.89. The summed E-state index contributed by atoms with van der Waals surface area (Å²) in [6, 6.07) is 7.39. The monoisotopic (exact) mass is 288 g/mol. The number of amides is 1. The van der Waals surface area contributed by atoms with Crippen LogP contribution in [0.25, 0.3) is 0 Å². The summed E-state index contributed by atoms with van der Waals surface area (Å²) < 4.78 is 0. The standard InChI is InChI=1S/C16H17ClN2O/c1-9-5-10(2)15(11(3)6-9)19-16(20)13-7-12(4)18-14(17)8-13/h5-8H,1-4H3,(H,19,20). The van der Waals surface area contributed by atoms with Crippen molar-refractivity contribution < 1.29 is 4.79 Å². The van der Waals surface area contributed by atoms with Crippen LogP contribution in [-0.4, -0.2) is 10.9 Å². The fourth-order valence-electron chi connectivity index (χ4n) is 2.32. The van der Waals surface area contributed by atoms with Gasteiger partial charge in [0.05, 0.1) is 0 Å². The molecule has 0 saturated heterocycles. The van der Waals surface area contributed by atoms with Crippen LogP contribution in [-0.2, 0) is 0 Å². The van der Waals surface area contributed by atoms with E-state index in [-0.39, 0.29) is 5.91 Å². The van der Waals surface area contributed by atoms with E-state index >= 15 is 0 Å². The van der Waals surface area contributed by atoms with E-state index in [2.05, 4.69) is 10.3 Å². The third kappa shape index (κ3) is 3.17. The molecule has 0 saturated carbocycles. The summed E-state index contributed by atoms with van der Waals surface area (Å²) in [7, 11) is 0. The molecule has 0 aliphatic rings. The first-order valence-corrected chi connectivity index (χ1v) is 6.78. The molecule has 1 amide bonds. The SMILES string of the molecule is Cc1cc(C)c(NC(=O)c2cc(C)nc(Cl)c2)c(C)c1. The number of rotatable bonds is 2. The van der Waals surface area contributed by atoms with Crippen molar-refractivity contribution >= 4 is 23.2 Å². The Labute approximate surface area is 124 Å². The predicted octanol–water partition coefficient (Wildman–Crippen LogP) is 4.22. The van der Waals surface area contributed by atoms with E-state index in [1.54, 1.807) is 12.1 Å². The molecule has 2 rings (SSSR count). The maximum Gasteiger partial charge on any atom is 0.255 e. The smallest absolute Gasteiger partial charge is 0.255 e. The second kappa shape index (κ2) is 5.63. The summed E-state index contributed by atoms with van der Waals surface area (Å²) in [4.78, 5) is 16.4. The van der Waals surface area contributed by atoms with E-state index < -0.39 is 0 Å². The number of hydrogen-bond acceptors (Lipinski definition) is 2.